The van der Waals surface area contributed by atoms with Crippen LogP contribution in [0.3, 0.4) is 0 Å². The smallest absolute Gasteiger partial charge is 0.259 e. The molecule has 9 heteroatoms. The van der Waals surface area contributed by atoms with Crippen LogP contribution in [0.15, 0.2) is 35.2 Å². The molecule has 1 spiro atoms. The van der Waals surface area contributed by atoms with Gasteiger partial charge in [-0.15, -0.1) is 0 Å². The van der Waals surface area contributed by atoms with Crippen molar-refractivity contribution in [2.75, 3.05) is 33.3 Å². The number of hydrogen-bond donors (Lipinski definition) is 0. The number of methoxy groups -OCH3 is 1. The molecule has 2 aromatic rings. The molecule has 2 aromatic carbocycles. The van der Waals surface area contributed by atoms with Crippen LogP contribution in [-0.4, -0.2) is 56.8 Å². The molecule has 0 aliphatic carbocycles. The van der Waals surface area contributed by atoms with Crippen LogP contribution in [0.5, 0.6) is 5.75 Å². The van der Waals surface area contributed by atoms with Crippen LogP contribution in [0.2, 0.25) is 0 Å². The summed E-state index contributed by atoms with van der Waals surface area (Å²) in [5.74, 6) is -2.04. The van der Waals surface area contributed by atoms with Crippen LogP contribution < -0.4 is 4.74 Å². The van der Waals surface area contributed by atoms with E-state index in [0.717, 1.165) is 11.6 Å². The summed E-state index contributed by atoms with van der Waals surface area (Å²) in [6, 6.07) is 7.49. The summed E-state index contributed by atoms with van der Waals surface area (Å²) < 4.78 is 62.1. The number of hydrogen-bond acceptors (Lipinski definition) is 4. The van der Waals surface area contributed by atoms with Crippen LogP contribution in [0, 0.1) is 30.9 Å². The number of carbonyl (C=O) groups is 1. The maximum atomic E-state index is 14.4. The van der Waals surface area contributed by atoms with Crippen molar-refractivity contribution in [1.29, 1.82) is 0 Å². The molecule has 2 aliphatic rings. The van der Waals surface area contributed by atoms with Crippen LogP contribution in [-0.2, 0) is 10.0 Å². The molecule has 2 aliphatic heterocycles. The van der Waals surface area contributed by atoms with E-state index < -0.39 is 33.1 Å². The average Bonchev–Trinajstić information content (AvgIpc) is 3.21. The van der Waals surface area contributed by atoms with Crippen molar-refractivity contribution in [3.63, 3.8) is 0 Å². The molecule has 0 aromatic heterocycles. The van der Waals surface area contributed by atoms with Gasteiger partial charge in [-0.1, -0.05) is 12.1 Å². The highest BCUT2D eigenvalue weighted by Crippen LogP contribution is 2.43. The highest BCUT2D eigenvalue weighted by molar-refractivity contribution is 7.89. The number of carbonyl (C=O) groups excluding carboxylic acids is 1. The Balaban J connectivity index is 1.48. The van der Waals surface area contributed by atoms with Crippen molar-refractivity contribution in [1.82, 2.24) is 9.21 Å². The van der Waals surface area contributed by atoms with Crippen molar-refractivity contribution in [2.45, 2.75) is 38.0 Å². The van der Waals surface area contributed by atoms with Gasteiger partial charge in [-0.05, 0) is 67.9 Å². The lowest BCUT2D eigenvalue weighted by Gasteiger charge is -2.39. The van der Waals surface area contributed by atoms with Gasteiger partial charge in [-0.2, -0.15) is 4.31 Å². The number of ether oxygens (including phenoxy) is 1. The van der Waals surface area contributed by atoms with Gasteiger partial charge in [0.2, 0.25) is 10.0 Å². The predicted molar refractivity (Wildman–Crippen MR) is 120 cm³/mol. The second kappa shape index (κ2) is 8.68. The Bertz CT molecular complexity index is 1190. The molecule has 2 fully saturated rings. The Kier molecular flexibility index (Phi) is 6.22. The van der Waals surface area contributed by atoms with Crippen LogP contribution in [0.4, 0.5) is 8.78 Å². The lowest BCUT2D eigenvalue weighted by Crippen LogP contribution is -2.45. The molecule has 0 N–H and O–H groups in total. The van der Waals surface area contributed by atoms with Crippen LogP contribution >= 0.6 is 0 Å². The molecule has 0 saturated carbocycles. The first-order valence-electron chi connectivity index (χ1n) is 11.0. The van der Waals surface area contributed by atoms with Gasteiger partial charge in [-0.3, -0.25) is 4.79 Å². The number of piperidine rings is 1. The molecule has 6 nitrogen and oxygen atoms in total. The SMILES string of the molecule is COc1ccc(C)cc1S(=O)(=O)N1CCC2(CCN(C(=O)c3c(F)ccc(C)c3F)CC2)C1. The maximum Gasteiger partial charge on any atom is 0.259 e. The molecule has 33 heavy (non-hydrogen) atoms. The monoisotopic (exact) mass is 478 g/mol. The molecular formula is C24H28F2N2O4S. The van der Waals surface area contributed by atoms with Crippen molar-refractivity contribution in [3.05, 3.63) is 58.7 Å². The van der Waals surface area contributed by atoms with E-state index in [-0.39, 0.29) is 15.9 Å². The summed E-state index contributed by atoms with van der Waals surface area (Å²) in [5.41, 5.74) is 0.264. The first-order chi connectivity index (χ1) is 15.6. The Morgan fingerprint density at radius 1 is 1.03 bits per heavy atom. The van der Waals surface area contributed by atoms with E-state index in [1.54, 1.807) is 18.2 Å². The molecule has 178 valence electrons. The Morgan fingerprint density at radius 3 is 2.36 bits per heavy atom. The second-order valence-corrected chi connectivity index (χ2v) is 11.0. The van der Waals surface area contributed by atoms with E-state index in [4.69, 9.17) is 4.74 Å². The summed E-state index contributed by atoms with van der Waals surface area (Å²) in [7, 11) is -2.29. The highest BCUT2D eigenvalue weighted by Gasteiger charge is 2.46. The normalized spacial score (nSPS) is 18.6. The van der Waals surface area contributed by atoms with Gasteiger partial charge in [0.25, 0.3) is 5.91 Å². The summed E-state index contributed by atoms with van der Waals surface area (Å²) in [5, 5.41) is 0. The fourth-order valence-corrected chi connectivity index (χ4v) is 6.62. The second-order valence-electron chi connectivity index (χ2n) is 9.09. The minimum atomic E-state index is -3.74. The summed E-state index contributed by atoms with van der Waals surface area (Å²) >= 11 is 0. The quantitative estimate of drug-likeness (QED) is 0.669. The molecule has 0 unspecified atom stereocenters. The number of benzene rings is 2. The molecule has 4 rings (SSSR count). The van der Waals surface area contributed by atoms with Gasteiger partial charge in [0.05, 0.1) is 7.11 Å². The van der Waals surface area contributed by atoms with E-state index in [0.29, 0.717) is 51.2 Å². The van der Waals surface area contributed by atoms with Crippen molar-refractivity contribution in [2.24, 2.45) is 5.41 Å². The highest BCUT2D eigenvalue weighted by atomic mass is 32.2. The zero-order valence-corrected chi connectivity index (χ0v) is 19.8. The number of amides is 1. The van der Waals surface area contributed by atoms with Crippen LogP contribution in [0.1, 0.15) is 40.7 Å². The molecule has 2 saturated heterocycles. The zero-order chi connectivity index (χ0) is 24.0. The number of sulfonamides is 1. The van der Waals surface area contributed by atoms with E-state index in [1.165, 1.54) is 29.3 Å². The third kappa shape index (κ3) is 4.24. The first-order valence-corrected chi connectivity index (χ1v) is 12.4. The van der Waals surface area contributed by atoms with Crippen molar-refractivity contribution < 1.29 is 26.7 Å². The topological polar surface area (TPSA) is 66.9 Å². The van der Waals surface area contributed by atoms with Gasteiger partial charge in [0.1, 0.15) is 27.8 Å². The summed E-state index contributed by atoms with van der Waals surface area (Å²) in [6.07, 6.45) is 1.82. The fourth-order valence-electron chi connectivity index (χ4n) is 4.83. The van der Waals surface area contributed by atoms with Gasteiger partial charge in [0, 0.05) is 26.2 Å². The molecular weight excluding hydrogens is 450 g/mol. The number of likely N-dealkylation sites (tertiary alicyclic amines) is 1. The fraction of sp³-hybridized carbons (Fsp3) is 0.458. The van der Waals surface area contributed by atoms with Crippen molar-refractivity contribution >= 4 is 15.9 Å². The van der Waals surface area contributed by atoms with E-state index in [9.17, 15) is 22.0 Å². The number of nitrogens with zero attached hydrogens (tertiary/aromatic N) is 2. The zero-order valence-electron chi connectivity index (χ0n) is 19.0. The standard InChI is InChI=1S/C24H28F2N2O4S/c1-16-4-7-19(32-3)20(14-16)33(30,31)28-13-10-24(15-28)8-11-27(12-9-24)23(29)21-18(25)6-5-17(2)22(21)26/h4-7,14H,8-13,15H2,1-3H3. The van der Waals surface area contributed by atoms with E-state index in [2.05, 4.69) is 0 Å². The maximum absolute atomic E-state index is 14.4. The minimum Gasteiger partial charge on any atom is -0.495 e. The summed E-state index contributed by atoms with van der Waals surface area (Å²) in [4.78, 5) is 14.5. The van der Waals surface area contributed by atoms with Gasteiger partial charge in [0.15, 0.2) is 0 Å². The molecule has 0 radical (unpaired) electrons. The number of halogens is 2. The molecule has 0 atom stereocenters. The van der Waals surface area contributed by atoms with E-state index >= 15 is 0 Å². The Hall–Kier alpha value is -2.52. The van der Waals surface area contributed by atoms with Gasteiger partial charge in [-0.25, -0.2) is 17.2 Å². The molecule has 0 bridgehead atoms. The lowest BCUT2D eigenvalue weighted by molar-refractivity contribution is 0.0590. The first kappa shape index (κ1) is 23.6. The number of rotatable bonds is 4. The third-order valence-corrected chi connectivity index (χ3v) is 8.82. The van der Waals surface area contributed by atoms with Crippen molar-refractivity contribution in [3.8, 4) is 5.75 Å². The minimum absolute atomic E-state index is 0.153. The largest absolute Gasteiger partial charge is 0.495 e. The Morgan fingerprint density at radius 2 is 1.70 bits per heavy atom. The average molecular weight is 479 g/mol. The molecule has 2 heterocycles. The lowest BCUT2D eigenvalue weighted by atomic mass is 9.77. The van der Waals surface area contributed by atoms with Gasteiger partial charge < -0.3 is 9.64 Å². The Labute approximate surface area is 193 Å². The summed E-state index contributed by atoms with van der Waals surface area (Å²) in [6.45, 7) is 4.71. The van der Waals surface area contributed by atoms with E-state index in [1.807, 2.05) is 6.92 Å². The predicted octanol–water partition coefficient (Wildman–Crippen LogP) is 3.91. The molecule has 1 amide bonds. The number of aryl methyl sites for hydroxylation is 2. The third-order valence-electron chi connectivity index (χ3n) is 6.95. The van der Waals surface area contributed by atoms with Crippen LogP contribution in [0.25, 0.3) is 0 Å². The van der Waals surface area contributed by atoms with Gasteiger partial charge >= 0.3 is 0 Å².